The van der Waals surface area contributed by atoms with E-state index in [1.807, 2.05) is 0 Å². The quantitative estimate of drug-likeness (QED) is 0.588. The lowest BCUT2D eigenvalue weighted by Gasteiger charge is -2.28. The first kappa shape index (κ1) is 18.5. The minimum Gasteiger partial charge on any atom is -0.483 e. The Balaban J connectivity index is 0.000000647. The third kappa shape index (κ3) is 3.99. The smallest absolute Gasteiger partial charge is 0.290 e. The lowest BCUT2D eigenvalue weighted by molar-refractivity contribution is -0.122. The molecule has 1 heterocycles. The van der Waals surface area contributed by atoms with Gasteiger partial charge in [0.25, 0.3) is 6.47 Å². The van der Waals surface area contributed by atoms with Gasteiger partial charge in [-0.3, -0.25) is 9.52 Å². The zero-order valence-corrected chi connectivity index (χ0v) is 15.3. The number of para-hydroxylation sites is 1. The van der Waals surface area contributed by atoms with E-state index in [1.54, 1.807) is 0 Å². The van der Waals surface area contributed by atoms with Gasteiger partial charge in [-0.25, -0.2) is 4.68 Å². The van der Waals surface area contributed by atoms with E-state index in [-0.39, 0.29) is 6.47 Å². The van der Waals surface area contributed by atoms with E-state index >= 15 is 0 Å². The summed E-state index contributed by atoms with van der Waals surface area (Å²) in [5, 5.41) is 11.8. The standard InChI is InChI=1S/C17H23N3S.CH2O2/c1-12-14-10-17(2,3)9-8-15(14)19-20(12)16-7-5-4-6-13(16)11-18-21;2-1-3/h4-7,18,21H,8-11H2,1-3H3;1H,(H,2,3). The molecule has 24 heavy (non-hydrogen) atoms. The predicted molar refractivity (Wildman–Crippen MR) is 98.6 cm³/mol. The molecule has 0 amide bonds. The fraction of sp³-hybridized carbons (Fsp3) is 0.444. The van der Waals surface area contributed by atoms with Crippen molar-refractivity contribution >= 4 is 19.3 Å². The molecule has 5 nitrogen and oxygen atoms in total. The Hall–Kier alpha value is -1.79. The van der Waals surface area contributed by atoms with Crippen LogP contribution in [0.3, 0.4) is 0 Å². The molecule has 130 valence electrons. The van der Waals surface area contributed by atoms with Gasteiger partial charge in [0.2, 0.25) is 0 Å². The van der Waals surface area contributed by atoms with E-state index in [0.717, 1.165) is 25.1 Å². The maximum atomic E-state index is 8.36. The molecular weight excluding hydrogens is 322 g/mol. The maximum Gasteiger partial charge on any atom is 0.290 e. The van der Waals surface area contributed by atoms with Crippen molar-refractivity contribution < 1.29 is 9.90 Å². The average molecular weight is 347 g/mol. The van der Waals surface area contributed by atoms with Gasteiger partial charge in [-0.05, 0) is 48.8 Å². The highest BCUT2D eigenvalue weighted by molar-refractivity contribution is 7.78. The monoisotopic (exact) mass is 347 g/mol. The fourth-order valence-corrected chi connectivity index (χ4v) is 3.40. The number of carbonyl (C=O) groups is 1. The predicted octanol–water partition coefficient (Wildman–Crippen LogP) is 3.33. The number of nitrogens with zero attached hydrogens (tertiary/aromatic N) is 2. The first-order chi connectivity index (χ1) is 11.4. The zero-order chi connectivity index (χ0) is 17.7. The third-order valence-corrected chi connectivity index (χ3v) is 4.66. The number of nitrogens with one attached hydrogen (secondary N) is 1. The van der Waals surface area contributed by atoms with Gasteiger partial charge in [0.15, 0.2) is 0 Å². The van der Waals surface area contributed by atoms with Crippen LogP contribution < -0.4 is 4.72 Å². The number of aromatic nitrogens is 2. The van der Waals surface area contributed by atoms with Crippen LogP contribution in [0.4, 0.5) is 0 Å². The van der Waals surface area contributed by atoms with E-state index < -0.39 is 0 Å². The summed E-state index contributed by atoms with van der Waals surface area (Å²) in [5.41, 5.74) is 6.76. The van der Waals surface area contributed by atoms with Gasteiger partial charge in [0.1, 0.15) is 0 Å². The van der Waals surface area contributed by atoms with Gasteiger partial charge in [0.05, 0.1) is 11.4 Å². The van der Waals surface area contributed by atoms with Crippen LogP contribution in [-0.4, -0.2) is 21.4 Å². The molecule has 1 aromatic heterocycles. The SMILES string of the molecule is Cc1c2c(nn1-c1ccccc1CNS)CCC(C)(C)C2.O=CO. The lowest BCUT2D eigenvalue weighted by Crippen LogP contribution is -2.21. The van der Waals surface area contributed by atoms with E-state index in [0.29, 0.717) is 5.41 Å². The van der Waals surface area contributed by atoms with Crippen molar-refractivity contribution in [3.63, 3.8) is 0 Å². The number of benzene rings is 1. The second kappa shape index (κ2) is 7.85. The largest absolute Gasteiger partial charge is 0.483 e. The first-order valence-corrected chi connectivity index (χ1v) is 8.48. The average Bonchev–Trinajstić information content (AvgIpc) is 2.85. The van der Waals surface area contributed by atoms with Crippen LogP contribution in [-0.2, 0) is 24.2 Å². The van der Waals surface area contributed by atoms with E-state index in [4.69, 9.17) is 15.0 Å². The molecule has 0 radical (unpaired) electrons. The summed E-state index contributed by atoms with van der Waals surface area (Å²) in [6, 6.07) is 8.40. The second-order valence-electron chi connectivity index (χ2n) is 6.83. The zero-order valence-electron chi connectivity index (χ0n) is 14.4. The number of carboxylic acid groups (broad SMARTS) is 1. The highest BCUT2D eigenvalue weighted by atomic mass is 32.1. The van der Waals surface area contributed by atoms with Crippen molar-refractivity contribution in [3.05, 3.63) is 46.8 Å². The maximum absolute atomic E-state index is 8.36. The second-order valence-corrected chi connectivity index (χ2v) is 7.15. The molecule has 0 aliphatic heterocycles. The molecule has 2 N–H and O–H groups in total. The summed E-state index contributed by atoms with van der Waals surface area (Å²) in [7, 11) is 0. The molecule has 0 bridgehead atoms. The van der Waals surface area contributed by atoms with Crippen molar-refractivity contribution in [2.24, 2.45) is 5.41 Å². The molecule has 0 atom stereocenters. The molecule has 1 aromatic carbocycles. The number of rotatable bonds is 3. The summed E-state index contributed by atoms with van der Waals surface area (Å²) in [5.74, 6) is 0. The summed E-state index contributed by atoms with van der Waals surface area (Å²) in [4.78, 5) is 8.36. The molecule has 0 saturated heterocycles. The Kier molecular flexibility index (Phi) is 6.07. The third-order valence-electron chi connectivity index (χ3n) is 4.51. The Labute approximate surface area is 148 Å². The molecule has 1 aliphatic rings. The van der Waals surface area contributed by atoms with Gasteiger partial charge in [0, 0.05) is 12.2 Å². The molecule has 1 aliphatic carbocycles. The molecular formula is C18H25N3O2S. The summed E-state index contributed by atoms with van der Waals surface area (Å²) in [6.45, 7) is 7.38. The molecule has 2 aromatic rings. The number of aryl methyl sites for hydroxylation is 1. The van der Waals surface area contributed by atoms with Crippen LogP contribution in [0.2, 0.25) is 0 Å². The minimum absolute atomic E-state index is 0.250. The van der Waals surface area contributed by atoms with Gasteiger partial charge >= 0.3 is 0 Å². The number of fused-ring (bicyclic) bond motifs is 1. The van der Waals surface area contributed by atoms with E-state index in [2.05, 4.69) is 67.3 Å². The summed E-state index contributed by atoms with van der Waals surface area (Å²) in [6.07, 6.45) is 3.43. The first-order valence-electron chi connectivity index (χ1n) is 8.04. The van der Waals surface area contributed by atoms with Gasteiger partial charge in [-0.1, -0.05) is 44.9 Å². The molecule has 0 saturated carbocycles. The van der Waals surface area contributed by atoms with Crippen LogP contribution in [0.5, 0.6) is 0 Å². The normalized spacial score (nSPS) is 15.2. The van der Waals surface area contributed by atoms with Crippen molar-refractivity contribution in [1.82, 2.24) is 14.5 Å². The minimum atomic E-state index is -0.250. The van der Waals surface area contributed by atoms with Crippen molar-refractivity contribution in [2.45, 2.75) is 46.6 Å². The summed E-state index contributed by atoms with van der Waals surface area (Å²) < 4.78 is 5.06. The Morgan fingerprint density at radius 2 is 2.08 bits per heavy atom. The molecule has 6 heteroatoms. The van der Waals surface area contributed by atoms with Crippen molar-refractivity contribution in [3.8, 4) is 5.69 Å². The van der Waals surface area contributed by atoms with Crippen molar-refractivity contribution in [1.29, 1.82) is 0 Å². The van der Waals surface area contributed by atoms with Crippen molar-refractivity contribution in [2.75, 3.05) is 0 Å². The Morgan fingerprint density at radius 1 is 1.42 bits per heavy atom. The van der Waals surface area contributed by atoms with Gasteiger partial charge in [-0.15, -0.1) is 0 Å². The highest BCUT2D eigenvalue weighted by Gasteiger charge is 2.29. The molecule has 3 rings (SSSR count). The fourth-order valence-electron chi connectivity index (χ4n) is 3.23. The molecule has 0 fully saturated rings. The number of thiol groups is 1. The van der Waals surface area contributed by atoms with Crippen LogP contribution >= 0.6 is 12.8 Å². The van der Waals surface area contributed by atoms with Gasteiger partial charge in [-0.2, -0.15) is 5.10 Å². The molecule has 0 spiro atoms. The highest BCUT2D eigenvalue weighted by Crippen LogP contribution is 2.36. The molecule has 0 unspecified atom stereocenters. The topological polar surface area (TPSA) is 67.2 Å². The van der Waals surface area contributed by atoms with Gasteiger partial charge < -0.3 is 5.11 Å². The number of hydrogen-bond acceptors (Lipinski definition) is 4. The lowest BCUT2D eigenvalue weighted by atomic mass is 9.76. The van der Waals surface area contributed by atoms with E-state index in [1.165, 1.54) is 28.9 Å². The van der Waals surface area contributed by atoms with Crippen LogP contribution in [0.15, 0.2) is 24.3 Å². The van der Waals surface area contributed by atoms with Crippen LogP contribution in [0, 0.1) is 12.3 Å². The van der Waals surface area contributed by atoms with Crippen LogP contribution in [0.25, 0.3) is 5.69 Å². The Morgan fingerprint density at radius 3 is 2.75 bits per heavy atom. The Bertz CT molecular complexity index is 710. The number of hydrogen-bond donors (Lipinski definition) is 3. The van der Waals surface area contributed by atoms with E-state index in [9.17, 15) is 0 Å². The van der Waals surface area contributed by atoms with Crippen LogP contribution in [0.1, 0.15) is 42.8 Å². The summed E-state index contributed by atoms with van der Waals surface area (Å²) >= 11 is 4.13.